The molecule has 0 aliphatic heterocycles. The highest BCUT2D eigenvalue weighted by Crippen LogP contribution is 2.29. The minimum atomic E-state index is -0.436. The number of fused-ring (bicyclic) bond motifs is 1. The number of para-hydroxylation sites is 1. The van der Waals surface area contributed by atoms with Crippen LogP contribution in [0.15, 0.2) is 69.5 Å². The Hall–Kier alpha value is -2.89. The number of aromatic nitrogens is 2. The van der Waals surface area contributed by atoms with E-state index in [4.69, 9.17) is 4.42 Å². The molecule has 0 bridgehead atoms. The number of hydrogen-bond acceptors (Lipinski definition) is 7. The van der Waals surface area contributed by atoms with Crippen LogP contribution in [0.5, 0.6) is 0 Å². The van der Waals surface area contributed by atoms with E-state index < -0.39 is 5.63 Å². The van der Waals surface area contributed by atoms with Crippen molar-refractivity contribution < 1.29 is 9.21 Å². The van der Waals surface area contributed by atoms with Crippen LogP contribution in [-0.4, -0.2) is 15.5 Å². The molecule has 1 atom stereocenters. The van der Waals surface area contributed by atoms with Gasteiger partial charge in [-0.1, -0.05) is 18.2 Å². The van der Waals surface area contributed by atoms with Crippen molar-refractivity contribution in [1.82, 2.24) is 9.97 Å². The summed E-state index contributed by atoms with van der Waals surface area (Å²) >= 11 is 1.33. The van der Waals surface area contributed by atoms with Gasteiger partial charge in [0.2, 0.25) is 5.52 Å². The number of thiazole rings is 1. The zero-order valence-electron chi connectivity index (χ0n) is 13.3. The number of carbonyl (C=O) groups is 1. The van der Waals surface area contributed by atoms with Crippen molar-refractivity contribution in [1.29, 1.82) is 0 Å². The summed E-state index contributed by atoms with van der Waals surface area (Å²) in [6.07, 6.45) is 3.15. The first-order valence-corrected chi connectivity index (χ1v) is 9.54. The summed E-state index contributed by atoms with van der Waals surface area (Å²) in [5.74, 6) is 0. The van der Waals surface area contributed by atoms with E-state index in [-0.39, 0.29) is 14.3 Å². The second-order valence-corrected chi connectivity index (χ2v) is 7.16. The molecule has 4 rings (SSSR count). The molecule has 1 aromatic carbocycles. The van der Waals surface area contributed by atoms with Crippen LogP contribution in [-0.2, 0) is 0 Å². The molecule has 26 heavy (non-hydrogen) atoms. The molecule has 0 amide bonds. The summed E-state index contributed by atoms with van der Waals surface area (Å²) in [4.78, 5) is 32.7. The molecule has 4 aromatic rings. The maximum atomic E-state index is 12.2. The average molecular weight is 381 g/mol. The first-order valence-electron chi connectivity index (χ1n) is 7.66. The van der Waals surface area contributed by atoms with Crippen LogP contribution in [0.4, 0.5) is 5.13 Å². The SMILES string of the molecule is O=C(PNc1nc(-c2cc3ccccc3oc2=O)cs1)c1cccnc1. The van der Waals surface area contributed by atoms with Crippen molar-refractivity contribution in [3.8, 4) is 11.3 Å². The predicted octanol–water partition coefficient (Wildman–Crippen LogP) is 4.16. The lowest BCUT2D eigenvalue weighted by molar-refractivity contribution is 0.108. The minimum Gasteiger partial charge on any atom is -0.422 e. The van der Waals surface area contributed by atoms with Crippen LogP contribution in [0.2, 0.25) is 0 Å². The molecular formula is C18H12N3O3PS. The Labute approximate surface area is 153 Å². The van der Waals surface area contributed by atoms with Gasteiger partial charge in [0.05, 0.1) is 20.0 Å². The van der Waals surface area contributed by atoms with E-state index in [2.05, 4.69) is 15.1 Å². The van der Waals surface area contributed by atoms with Gasteiger partial charge in [-0.2, -0.15) is 0 Å². The van der Waals surface area contributed by atoms with Crippen molar-refractivity contribution >= 4 is 41.7 Å². The smallest absolute Gasteiger partial charge is 0.345 e. The first kappa shape index (κ1) is 16.6. The van der Waals surface area contributed by atoms with Crippen molar-refractivity contribution in [2.24, 2.45) is 0 Å². The van der Waals surface area contributed by atoms with Crippen molar-refractivity contribution in [2.75, 3.05) is 5.09 Å². The van der Waals surface area contributed by atoms with E-state index in [1.165, 1.54) is 17.5 Å². The van der Waals surface area contributed by atoms with E-state index in [0.717, 1.165) is 5.39 Å². The zero-order chi connectivity index (χ0) is 17.9. The van der Waals surface area contributed by atoms with Crippen LogP contribution in [0.25, 0.3) is 22.2 Å². The topological polar surface area (TPSA) is 85.1 Å². The molecule has 128 valence electrons. The Bertz CT molecular complexity index is 1140. The number of nitrogens with one attached hydrogen (secondary N) is 1. The van der Waals surface area contributed by atoms with Crippen LogP contribution in [0, 0.1) is 0 Å². The molecule has 3 heterocycles. The highest BCUT2D eigenvalue weighted by atomic mass is 32.1. The molecule has 1 N–H and O–H groups in total. The van der Waals surface area contributed by atoms with Crippen molar-refractivity contribution in [2.45, 2.75) is 0 Å². The molecule has 8 heteroatoms. The Morgan fingerprint density at radius 1 is 1.19 bits per heavy atom. The van der Waals surface area contributed by atoms with E-state index in [1.54, 1.807) is 35.8 Å². The van der Waals surface area contributed by atoms with E-state index >= 15 is 0 Å². The van der Waals surface area contributed by atoms with Gasteiger partial charge in [0, 0.05) is 28.7 Å². The van der Waals surface area contributed by atoms with Gasteiger partial charge in [-0.25, -0.2) is 9.78 Å². The fraction of sp³-hybridized carbons (Fsp3) is 0. The number of rotatable bonds is 5. The predicted molar refractivity (Wildman–Crippen MR) is 104 cm³/mol. The molecule has 0 fully saturated rings. The first-order chi connectivity index (χ1) is 12.7. The fourth-order valence-corrected chi connectivity index (χ4v) is 3.89. The third kappa shape index (κ3) is 3.40. The molecule has 6 nitrogen and oxygen atoms in total. The maximum Gasteiger partial charge on any atom is 0.345 e. The molecular weight excluding hydrogens is 369 g/mol. The number of nitrogens with zero attached hydrogens (tertiary/aromatic N) is 2. The number of anilines is 1. The van der Waals surface area contributed by atoms with E-state index in [9.17, 15) is 9.59 Å². The minimum absolute atomic E-state index is 0.0555. The average Bonchev–Trinajstić information content (AvgIpc) is 3.15. The van der Waals surface area contributed by atoms with Crippen molar-refractivity contribution in [3.05, 3.63) is 76.2 Å². The summed E-state index contributed by atoms with van der Waals surface area (Å²) in [5, 5.41) is 6.19. The number of carbonyl (C=O) groups excluding carboxylic acids is 1. The van der Waals surface area contributed by atoms with Gasteiger partial charge >= 0.3 is 5.63 Å². The van der Waals surface area contributed by atoms with Crippen molar-refractivity contribution in [3.63, 3.8) is 0 Å². The molecule has 0 aliphatic carbocycles. The third-order valence-corrected chi connectivity index (χ3v) is 5.44. The zero-order valence-corrected chi connectivity index (χ0v) is 15.1. The molecule has 0 aliphatic rings. The Morgan fingerprint density at radius 3 is 2.92 bits per heavy atom. The van der Waals surface area contributed by atoms with Gasteiger partial charge in [-0.3, -0.25) is 9.78 Å². The normalized spacial score (nSPS) is 11.2. The van der Waals surface area contributed by atoms with Gasteiger partial charge in [0.25, 0.3) is 0 Å². The van der Waals surface area contributed by atoms with Gasteiger partial charge in [-0.15, -0.1) is 11.3 Å². The Balaban J connectivity index is 1.54. The van der Waals surface area contributed by atoms with Crippen LogP contribution in [0.3, 0.4) is 0 Å². The third-order valence-electron chi connectivity index (χ3n) is 3.63. The summed E-state index contributed by atoms with van der Waals surface area (Å²) in [7, 11) is -0.169. The molecule has 0 saturated heterocycles. The lowest BCUT2D eigenvalue weighted by atomic mass is 10.1. The van der Waals surface area contributed by atoms with Gasteiger partial charge in [0.15, 0.2) is 5.13 Å². The highest BCUT2D eigenvalue weighted by molar-refractivity contribution is 7.60. The number of hydrogen-bond donors (Lipinski definition) is 1. The summed E-state index contributed by atoms with van der Waals surface area (Å²) < 4.78 is 5.34. The van der Waals surface area contributed by atoms with Gasteiger partial charge in [0.1, 0.15) is 5.58 Å². The maximum absolute atomic E-state index is 12.2. The van der Waals surface area contributed by atoms with Gasteiger partial charge in [-0.05, 0) is 24.3 Å². The Kier molecular flexibility index (Phi) is 4.56. The molecule has 3 aromatic heterocycles. The second-order valence-electron chi connectivity index (χ2n) is 5.34. The lowest BCUT2D eigenvalue weighted by Gasteiger charge is -2.01. The fourth-order valence-electron chi connectivity index (χ4n) is 2.37. The quantitative estimate of drug-likeness (QED) is 0.413. The van der Waals surface area contributed by atoms with E-state index in [1.807, 2.05) is 18.2 Å². The van der Waals surface area contributed by atoms with Crippen LogP contribution < -0.4 is 10.7 Å². The highest BCUT2D eigenvalue weighted by Gasteiger charge is 2.12. The lowest BCUT2D eigenvalue weighted by Crippen LogP contribution is -2.03. The van der Waals surface area contributed by atoms with Gasteiger partial charge < -0.3 is 9.50 Å². The summed E-state index contributed by atoms with van der Waals surface area (Å²) in [6.45, 7) is 0. The number of pyridine rings is 1. The standard InChI is InChI=1S/C18H12N3O3PS/c22-16-13(8-11-4-1-2-6-15(11)24-16)14-10-26-18(20-14)21-25-17(23)12-5-3-7-19-9-12/h1-10,25H,(H,20,21). The summed E-state index contributed by atoms with van der Waals surface area (Å²) in [6, 6.07) is 12.5. The van der Waals surface area contributed by atoms with Crippen LogP contribution >= 0.6 is 20.1 Å². The summed E-state index contributed by atoms with van der Waals surface area (Å²) in [5.41, 5.74) is 1.52. The number of benzene rings is 1. The largest absolute Gasteiger partial charge is 0.422 e. The van der Waals surface area contributed by atoms with Crippen LogP contribution in [0.1, 0.15) is 10.4 Å². The monoisotopic (exact) mass is 381 g/mol. The Morgan fingerprint density at radius 2 is 2.08 bits per heavy atom. The molecule has 0 spiro atoms. The molecule has 0 radical (unpaired) electrons. The molecule has 1 unspecified atom stereocenters. The molecule has 0 saturated carbocycles. The second kappa shape index (κ2) is 7.15. The van der Waals surface area contributed by atoms with E-state index in [0.29, 0.717) is 27.5 Å².